The lowest BCUT2D eigenvalue weighted by Gasteiger charge is -2.18. The van der Waals surface area contributed by atoms with Crippen LogP contribution in [0.15, 0.2) is 30.6 Å². The molecule has 0 aromatic carbocycles. The van der Waals surface area contributed by atoms with Crippen LogP contribution in [0, 0.1) is 0 Å². The average molecular weight is 218 g/mol. The third kappa shape index (κ3) is 3.24. The second-order valence-electron chi connectivity index (χ2n) is 4.62. The van der Waals surface area contributed by atoms with Crippen LogP contribution in [-0.2, 0) is 13.1 Å². The van der Waals surface area contributed by atoms with Crippen LogP contribution in [0.5, 0.6) is 0 Å². The number of aromatic nitrogens is 1. The smallest absolute Gasteiger partial charge is 0.0223 e. The Bertz CT molecular complexity index is 338. The highest BCUT2D eigenvalue weighted by Crippen LogP contribution is 2.11. The highest BCUT2D eigenvalue weighted by Gasteiger charge is 2.08. The van der Waals surface area contributed by atoms with E-state index >= 15 is 0 Å². The van der Waals surface area contributed by atoms with E-state index in [1.54, 1.807) is 0 Å². The lowest BCUT2D eigenvalue weighted by atomic mass is 10.0. The summed E-state index contributed by atoms with van der Waals surface area (Å²) in [6.45, 7) is 4.35. The van der Waals surface area contributed by atoms with Crippen molar-refractivity contribution in [1.29, 1.82) is 0 Å². The summed E-state index contributed by atoms with van der Waals surface area (Å²) in [7, 11) is 0. The first-order chi connectivity index (χ1) is 7.88. The molecule has 2 rings (SSSR count). The van der Waals surface area contributed by atoms with Gasteiger partial charge in [-0.15, -0.1) is 0 Å². The summed E-state index contributed by atoms with van der Waals surface area (Å²) in [4.78, 5) is 0. The fourth-order valence-electron chi connectivity index (χ4n) is 2.23. The first-order valence-corrected chi connectivity index (χ1v) is 6.41. The standard InChI is InChI=1S/C14H22N2/c1-2-9-16-10-8-13(12-16)11-15-14-6-4-3-5-7-14/h3-4,8,10,12,14-15H,2,5-7,9,11H2,1H3. The van der Waals surface area contributed by atoms with Crippen molar-refractivity contribution in [2.45, 2.75) is 51.7 Å². The van der Waals surface area contributed by atoms with Gasteiger partial charge in [0.05, 0.1) is 0 Å². The van der Waals surface area contributed by atoms with Gasteiger partial charge in [-0.25, -0.2) is 0 Å². The van der Waals surface area contributed by atoms with Gasteiger partial charge in [0, 0.05) is 31.5 Å². The minimum Gasteiger partial charge on any atom is -0.354 e. The normalized spacial score (nSPS) is 20.2. The van der Waals surface area contributed by atoms with E-state index in [0.717, 1.165) is 13.1 Å². The largest absolute Gasteiger partial charge is 0.354 e. The van der Waals surface area contributed by atoms with E-state index in [-0.39, 0.29) is 0 Å². The summed E-state index contributed by atoms with van der Waals surface area (Å²) in [5, 5.41) is 3.63. The van der Waals surface area contributed by atoms with Gasteiger partial charge in [-0.2, -0.15) is 0 Å². The predicted molar refractivity (Wildman–Crippen MR) is 68.3 cm³/mol. The van der Waals surface area contributed by atoms with E-state index in [2.05, 4.69) is 47.4 Å². The highest BCUT2D eigenvalue weighted by molar-refractivity contribution is 5.10. The van der Waals surface area contributed by atoms with Crippen molar-refractivity contribution in [1.82, 2.24) is 9.88 Å². The first-order valence-electron chi connectivity index (χ1n) is 6.41. The molecule has 2 nitrogen and oxygen atoms in total. The Labute approximate surface area is 98.4 Å². The maximum absolute atomic E-state index is 3.63. The molecule has 0 radical (unpaired) electrons. The van der Waals surface area contributed by atoms with Gasteiger partial charge in [-0.1, -0.05) is 19.1 Å². The van der Waals surface area contributed by atoms with Crippen molar-refractivity contribution in [3.63, 3.8) is 0 Å². The second kappa shape index (κ2) is 5.90. The Morgan fingerprint density at radius 1 is 1.44 bits per heavy atom. The molecular weight excluding hydrogens is 196 g/mol. The number of rotatable bonds is 5. The minimum absolute atomic E-state index is 0.680. The molecule has 1 aromatic heterocycles. The molecule has 1 aliphatic carbocycles. The van der Waals surface area contributed by atoms with Gasteiger partial charge >= 0.3 is 0 Å². The summed E-state index contributed by atoms with van der Waals surface area (Å²) in [6, 6.07) is 2.90. The molecule has 1 atom stereocenters. The highest BCUT2D eigenvalue weighted by atomic mass is 15.0. The van der Waals surface area contributed by atoms with Crippen molar-refractivity contribution < 1.29 is 0 Å². The minimum atomic E-state index is 0.680. The van der Waals surface area contributed by atoms with Crippen molar-refractivity contribution in [3.8, 4) is 0 Å². The van der Waals surface area contributed by atoms with Crippen LogP contribution in [-0.4, -0.2) is 10.6 Å². The van der Waals surface area contributed by atoms with Crippen LogP contribution in [0.4, 0.5) is 0 Å². The molecule has 1 heterocycles. The van der Waals surface area contributed by atoms with Crippen LogP contribution in [0.2, 0.25) is 0 Å². The van der Waals surface area contributed by atoms with Gasteiger partial charge in [-0.05, 0) is 37.3 Å². The summed E-state index contributed by atoms with van der Waals surface area (Å²) in [5.74, 6) is 0. The van der Waals surface area contributed by atoms with Crippen LogP contribution in [0.25, 0.3) is 0 Å². The fraction of sp³-hybridized carbons (Fsp3) is 0.571. The van der Waals surface area contributed by atoms with E-state index in [1.807, 2.05) is 0 Å². The Morgan fingerprint density at radius 2 is 2.38 bits per heavy atom. The molecule has 2 heteroatoms. The molecule has 0 saturated carbocycles. The molecule has 0 saturated heterocycles. The number of allylic oxidation sites excluding steroid dienone is 1. The Morgan fingerprint density at radius 3 is 3.12 bits per heavy atom. The lowest BCUT2D eigenvalue weighted by Crippen LogP contribution is -2.28. The van der Waals surface area contributed by atoms with Crippen molar-refractivity contribution in [3.05, 3.63) is 36.2 Å². The lowest BCUT2D eigenvalue weighted by molar-refractivity contribution is 0.474. The zero-order valence-corrected chi connectivity index (χ0v) is 10.2. The predicted octanol–water partition coefficient (Wildman–Crippen LogP) is 3.10. The second-order valence-corrected chi connectivity index (χ2v) is 4.62. The summed E-state index contributed by atoms with van der Waals surface area (Å²) in [6.07, 6.45) is 13.9. The van der Waals surface area contributed by atoms with Gasteiger partial charge in [0.2, 0.25) is 0 Å². The first kappa shape index (κ1) is 11.5. The average Bonchev–Trinajstić information content (AvgIpc) is 2.76. The molecule has 0 spiro atoms. The summed E-state index contributed by atoms with van der Waals surface area (Å²) in [5.41, 5.74) is 1.41. The van der Waals surface area contributed by atoms with Crippen LogP contribution >= 0.6 is 0 Å². The van der Waals surface area contributed by atoms with E-state index in [0.29, 0.717) is 6.04 Å². The van der Waals surface area contributed by atoms with Gasteiger partial charge in [0.1, 0.15) is 0 Å². The molecular formula is C14H22N2. The van der Waals surface area contributed by atoms with Crippen LogP contribution in [0.3, 0.4) is 0 Å². The van der Waals surface area contributed by atoms with Gasteiger partial charge in [0.15, 0.2) is 0 Å². The van der Waals surface area contributed by atoms with Gasteiger partial charge < -0.3 is 9.88 Å². The quantitative estimate of drug-likeness (QED) is 0.751. The zero-order chi connectivity index (χ0) is 11.2. The van der Waals surface area contributed by atoms with Crippen molar-refractivity contribution >= 4 is 0 Å². The molecule has 1 aromatic rings. The number of hydrogen-bond acceptors (Lipinski definition) is 1. The van der Waals surface area contributed by atoms with Crippen molar-refractivity contribution in [2.75, 3.05) is 0 Å². The molecule has 0 bridgehead atoms. The number of nitrogens with zero attached hydrogens (tertiary/aromatic N) is 1. The molecule has 1 unspecified atom stereocenters. The Kier molecular flexibility index (Phi) is 4.23. The van der Waals surface area contributed by atoms with E-state index in [1.165, 1.54) is 31.2 Å². The van der Waals surface area contributed by atoms with Crippen LogP contribution in [0.1, 0.15) is 38.2 Å². The topological polar surface area (TPSA) is 17.0 Å². The SMILES string of the molecule is CCCn1ccc(CNC2CC=CCC2)c1. The third-order valence-electron chi connectivity index (χ3n) is 3.16. The van der Waals surface area contributed by atoms with E-state index in [4.69, 9.17) is 0 Å². The molecule has 16 heavy (non-hydrogen) atoms. The van der Waals surface area contributed by atoms with Crippen molar-refractivity contribution in [2.24, 2.45) is 0 Å². The molecule has 0 fully saturated rings. The third-order valence-corrected chi connectivity index (χ3v) is 3.16. The zero-order valence-electron chi connectivity index (χ0n) is 10.2. The summed E-state index contributed by atoms with van der Waals surface area (Å²) < 4.78 is 2.28. The molecule has 88 valence electrons. The Hall–Kier alpha value is -1.02. The van der Waals surface area contributed by atoms with Gasteiger partial charge in [-0.3, -0.25) is 0 Å². The summed E-state index contributed by atoms with van der Waals surface area (Å²) >= 11 is 0. The molecule has 1 N–H and O–H groups in total. The molecule has 0 aliphatic heterocycles. The maximum atomic E-state index is 3.63. The van der Waals surface area contributed by atoms with E-state index < -0.39 is 0 Å². The van der Waals surface area contributed by atoms with Gasteiger partial charge in [0.25, 0.3) is 0 Å². The molecule has 1 aliphatic rings. The fourth-order valence-corrected chi connectivity index (χ4v) is 2.23. The maximum Gasteiger partial charge on any atom is 0.0223 e. The monoisotopic (exact) mass is 218 g/mol. The Balaban J connectivity index is 1.77. The number of aryl methyl sites for hydroxylation is 1. The van der Waals surface area contributed by atoms with E-state index in [9.17, 15) is 0 Å². The number of hydrogen-bond donors (Lipinski definition) is 1. The van der Waals surface area contributed by atoms with Crippen LogP contribution < -0.4 is 5.32 Å². The molecule has 0 amide bonds. The number of nitrogens with one attached hydrogen (secondary N) is 1.